The van der Waals surface area contributed by atoms with Gasteiger partial charge in [0.1, 0.15) is 6.04 Å². The minimum atomic E-state index is -1.10. The van der Waals surface area contributed by atoms with E-state index in [1.54, 1.807) is 13.8 Å². The second-order valence-corrected chi connectivity index (χ2v) is 2.95. The molecule has 0 saturated heterocycles. The quantitative estimate of drug-likeness (QED) is 0.533. The van der Waals surface area contributed by atoms with Gasteiger partial charge in [0.25, 0.3) is 0 Å². The van der Waals surface area contributed by atoms with Crippen molar-refractivity contribution in [2.45, 2.75) is 26.3 Å². The number of alkyl carbamates (subject to hydrolysis) is 1. The van der Waals surface area contributed by atoms with Crippen molar-refractivity contribution in [3.63, 3.8) is 0 Å². The molecule has 1 N–H and O–H groups in total. The summed E-state index contributed by atoms with van der Waals surface area (Å²) in [7, 11) is 1.15. The summed E-state index contributed by atoms with van der Waals surface area (Å²) in [5, 5.41) is 2.20. The van der Waals surface area contributed by atoms with Crippen LogP contribution in [0.5, 0.6) is 0 Å². The largest absolute Gasteiger partial charge is 0.466 e. The number of methoxy groups -OCH3 is 1. The van der Waals surface area contributed by atoms with Gasteiger partial charge in [-0.15, -0.1) is 0 Å². The first-order valence-electron chi connectivity index (χ1n) is 5.21. The average molecular weight is 247 g/mol. The summed E-state index contributed by atoms with van der Waals surface area (Å²) in [5.41, 5.74) is 0. The molecule has 0 aliphatic rings. The van der Waals surface area contributed by atoms with Gasteiger partial charge in [0.05, 0.1) is 26.7 Å². The number of nitrogens with one attached hydrogen (secondary N) is 1. The van der Waals surface area contributed by atoms with Gasteiger partial charge < -0.3 is 19.5 Å². The smallest absolute Gasteiger partial charge is 0.407 e. The van der Waals surface area contributed by atoms with Crippen LogP contribution in [0.15, 0.2) is 0 Å². The van der Waals surface area contributed by atoms with Gasteiger partial charge >= 0.3 is 18.0 Å². The molecular formula is C10H17NO6. The van der Waals surface area contributed by atoms with E-state index in [4.69, 9.17) is 4.74 Å². The topological polar surface area (TPSA) is 90.9 Å². The highest BCUT2D eigenvalue weighted by molar-refractivity contribution is 5.86. The van der Waals surface area contributed by atoms with E-state index in [9.17, 15) is 14.4 Å². The molecule has 98 valence electrons. The van der Waals surface area contributed by atoms with E-state index >= 15 is 0 Å². The van der Waals surface area contributed by atoms with Gasteiger partial charge in [-0.25, -0.2) is 9.59 Å². The summed E-state index contributed by atoms with van der Waals surface area (Å²) < 4.78 is 13.7. The molecule has 0 aliphatic carbocycles. The number of hydrogen-bond acceptors (Lipinski definition) is 6. The fourth-order valence-corrected chi connectivity index (χ4v) is 1.02. The Morgan fingerprint density at radius 3 is 2.18 bits per heavy atom. The van der Waals surface area contributed by atoms with Crippen LogP contribution in [0.1, 0.15) is 20.3 Å². The number of amides is 1. The molecule has 1 amide bonds. The molecule has 0 spiro atoms. The average Bonchev–Trinajstić information content (AvgIpc) is 2.28. The maximum Gasteiger partial charge on any atom is 0.407 e. The van der Waals surface area contributed by atoms with Crippen molar-refractivity contribution in [2.24, 2.45) is 0 Å². The van der Waals surface area contributed by atoms with Crippen LogP contribution in [0.3, 0.4) is 0 Å². The predicted molar refractivity (Wildman–Crippen MR) is 57.2 cm³/mol. The maximum absolute atomic E-state index is 11.4. The Bertz CT molecular complexity index is 278. The number of hydrogen-bond donors (Lipinski definition) is 1. The van der Waals surface area contributed by atoms with Gasteiger partial charge in [-0.2, -0.15) is 0 Å². The third-order valence-corrected chi connectivity index (χ3v) is 1.72. The summed E-state index contributed by atoms with van der Waals surface area (Å²) in [6.07, 6.45) is -1.10. The zero-order valence-electron chi connectivity index (χ0n) is 10.1. The molecule has 17 heavy (non-hydrogen) atoms. The van der Waals surface area contributed by atoms with Crippen LogP contribution < -0.4 is 5.32 Å². The zero-order chi connectivity index (χ0) is 13.3. The van der Waals surface area contributed by atoms with Gasteiger partial charge in [0.15, 0.2) is 0 Å². The first-order valence-corrected chi connectivity index (χ1v) is 5.21. The molecular weight excluding hydrogens is 230 g/mol. The van der Waals surface area contributed by atoms with Crippen molar-refractivity contribution in [1.29, 1.82) is 0 Å². The standard InChI is InChI=1S/C10H17NO6/c1-4-16-8(12)6-7(9(13)17-5-2)11-10(14)15-3/h7H,4-6H2,1-3H3,(H,11,14)/t7-/m0/s1. The van der Waals surface area contributed by atoms with E-state index < -0.39 is 24.1 Å². The van der Waals surface area contributed by atoms with Crippen LogP contribution >= 0.6 is 0 Å². The minimum Gasteiger partial charge on any atom is -0.466 e. The predicted octanol–water partition coefficient (Wildman–Crippen LogP) is 0.227. The van der Waals surface area contributed by atoms with E-state index in [0.717, 1.165) is 7.11 Å². The molecule has 0 fully saturated rings. The lowest BCUT2D eigenvalue weighted by atomic mass is 10.2. The molecule has 7 heteroatoms. The van der Waals surface area contributed by atoms with Crippen molar-refractivity contribution >= 4 is 18.0 Å². The summed E-state index contributed by atoms with van der Waals surface area (Å²) >= 11 is 0. The van der Waals surface area contributed by atoms with Crippen LogP contribution in [0.2, 0.25) is 0 Å². The highest BCUT2D eigenvalue weighted by atomic mass is 16.6. The molecule has 0 unspecified atom stereocenters. The number of carbonyl (C=O) groups is 3. The second kappa shape index (κ2) is 8.37. The number of carbonyl (C=O) groups excluding carboxylic acids is 3. The van der Waals surface area contributed by atoms with E-state index in [0.29, 0.717) is 0 Å². The van der Waals surface area contributed by atoms with Crippen LogP contribution in [0.25, 0.3) is 0 Å². The summed E-state index contributed by atoms with van der Waals surface area (Å²) in [6.45, 7) is 3.62. The van der Waals surface area contributed by atoms with Crippen molar-refractivity contribution in [3.05, 3.63) is 0 Å². The van der Waals surface area contributed by atoms with Gasteiger partial charge in [-0.1, -0.05) is 0 Å². The van der Waals surface area contributed by atoms with Gasteiger partial charge in [-0.3, -0.25) is 4.79 Å². The Morgan fingerprint density at radius 2 is 1.71 bits per heavy atom. The molecule has 0 aromatic rings. The van der Waals surface area contributed by atoms with Gasteiger partial charge in [-0.05, 0) is 13.8 Å². The van der Waals surface area contributed by atoms with E-state index in [2.05, 4.69) is 14.8 Å². The molecule has 7 nitrogen and oxygen atoms in total. The Morgan fingerprint density at radius 1 is 1.12 bits per heavy atom. The normalized spacial score (nSPS) is 11.2. The Balaban J connectivity index is 4.44. The minimum absolute atomic E-state index is 0.154. The lowest BCUT2D eigenvalue weighted by Crippen LogP contribution is -2.43. The molecule has 0 rings (SSSR count). The van der Waals surface area contributed by atoms with Crippen LogP contribution in [0, 0.1) is 0 Å². The van der Waals surface area contributed by atoms with Gasteiger partial charge in [0.2, 0.25) is 0 Å². The van der Waals surface area contributed by atoms with E-state index in [1.165, 1.54) is 0 Å². The highest BCUT2D eigenvalue weighted by Gasteiger charge is 2.25. The lowest BCUT2D eigenvalue weighted by molar-refractivity contribution is -0.152. The summed E-state index contributed by atoms with van der Waals surface area (Å²) in [6, 6.07) is -1.10. The Labute approximate surface area is 99.4 Å². The van der Waals surface area contributed by atoms with Crippen molar-refractivity contribution in [3.8, 4) is 0 Å². The molecule has 0 saturated carbocycles. The fourth-order valence-electron chi connectivity index (χ4n) is 1.02. The van der Waals surface area contributed by atoms with Crippen molar-refractivity contribution in [2.75, 3.05) is 20.3 Å². The maximum atomic E-state index is 11.4. The SMILES string of the molecule is CCOC(=O)C[C@H](NC(=O)OC)C(=O)OCC. The van der Waals surface area contributed by atoms with Crippen molar-refractivity contribution in [1.82, 2.24) is 5.32 Å². The number of rotatable bonds is 6. The first kappa shape index (κ1) is 15.2. The highest BCUT2D eigenvalue weighted by Crippen LogP contribution is 1.99. The van der Waals surface area contributed by atoms with Gasteiger partial charge in [0, 0.05) is 0 Å². The van der Waals surface area contributed by atoms with Crippen molar-refractivity contribution < 1.29 is 28.6 Å². The van der Waals surface area contributed by atoms with Crippen LogP contribution in [0.4, 0.5) is 4.79 Å². The third kappa shape index (κ3) is 6.39. The monoisotopic (exact) mass is 247 g/mol. The fraction of sp³-hybridized carbons (Fsp3) is 0.700. The number of ether oxygens (including phenoxy) is 3. The molecule has 1 atom stereocenters. The van der Waals surface area contributed by atoms with E-state index in [1.807, 2.05) is 0 Å². The molecule has 0 aromatic heterocycles. The molecule has 0 radical (unpaired) electrons. The first-order chi connectivity index (χ1) is 8.04. The van der Waals surface area contributed by atoms with Crippen LogP contribution in [-0.2, 0) is 23.8 Å². The summed E-state index contributed by atoms with van der Waals surface area (Å²) in [5.74, 6) is -1.30. The van der Waals surface area contributed by atoms with E-state index in [-0.39, 0.29) is 19.6 Å². The second-order valence-electron chi connectivity index (χ2n) is 2.95. The zero-order valence-corrected chi connectivity index (χ0v) is 10.1. The Hall–Kier alpha value is -1.79. The summed E-state index contributed by atoms with van der Waals surface area (Å²) in [4.78, 5) is 33.6. The molecule has 0 heterocycles. The molecule has 0 aliphatic heterocycles. The molecule has 0 bridgehead atoms. The number of esters is 2. The Kier molecular flexibility index (Phi) is 7.49. The van der Waals surface area contributed by atoms with Crippen LogP contribution in [-0.4, -0.2) is 44.4 Å². The third-order valence-electron chi connectivity index (χ3n) is 1.72. The lowest BCUT2D eigenvalue weighted by Gasteiger charge is -2.15. The molecule has 0 aromatic carbocycles.